The molecule has 0 spiro atoms. The normalized spacial score (nSPS) is 14.2. The average molecular weight is 409 g/mol. The zero-order chi connectivity index (χ0) is 20.1. The minimum atomic E-state index is -3.81. The number of benzene rings is 1. The summed E-state index contributed by atoms with van der Waals surface area (Å²) in [6.45, 7) is 1.60. The van der Waals surface area contributed by atoms with Crippen LogP contribution in [0.5, 0.6) is 17.5 Å². The smallest absolute Gasteiger partial charge is 0.321 e. The van der Waals surface area contributed by atoms with Crippen molar-refractivity contribution in [3.8, 4) is 17.5 Å². The SMILES string of the molecule is COc1nc(CNS(=O)(=O)c2ccc(OC)c(OC)c2)nc(N2CCCC2)n1. The van der Waals surface area contributed by atoms with Crippen molar-refractivity contribution in [3.63, 3.8) is 0 Å². The molecular weight excluding hydrogens is 386 g/mol. The number of methoxy groups -OCH3 is 3. The maximum Gasteiger partial charge on any atom is 0.321 e. The number of ether oxygens (including phenoxy) is 3. The summed E-state index contributed by atoms with van der Waals surface area (Å²) in [4.78, 5) is 14.8. The van der Waals surface area contributed by atoms with Gasteiger partial charge in [-0.3, -0.25) is 0 Å². The van der Waals surface area contributed by atoms with Crippen molar-refractivity contribution >= 4 is 16.0 Å². The molecule has 152 valence electrons. The summed E-state index contributed by atoms with van der Waals surface area (Å²) >= 11 is 0. The van der Waals surface area contributed by atoms with Crippen LogP contribution in [0, 0.1) is 0 Å². The van der Waals surface area contributed by atoms with Crippen LogP contribution in [0.4, 0.5) is 5.95 Å². The van der Waals surface area contributed by atoms with Crippen LogP contribution < -0.4 is 23.8 Å². The molecule has 1 fully saturated rings. The molecule has 0 atom stereocenters. The molecule has 0 bridgehead atoms. The Morgan fingerprint density at radius 1 is 1.00 bits per heavy atom. The fraction of sp³-hybridized carbons (Fsp3) is 0.471. The van der Waals surface area contributed by atoms with Gasteiger partial charge in [-0.2, -0.15) is 15.0 Å². The van der Waals surface area contributed by atoms with E-state index in [1.807, 2.05) is 4.90 Å². The van der Waals surface area contributed by atoms with Gasteiger partial charge in [-0.25, -0.2) is 13.1 Å². The monoisotopic (exact) mass is 409 g/mol. The van der Waals surface area contributed by atoms with E-state index in [2.05, 4.69) is 19.7 Å². The van der Waals surface area contributed by atoms with E-state index in [1.54, 1.807) is 0 Å². The number of nitrogens with zero attached hydrogens (tertiary/aromatic N) is 4. The lowest BCUT2D eigenvalue weighted by atomic mass is 10.3. The average Bonchev–Trinajstić information content (AvgIpc) is 3.26. The number of hydrogen-bond acceptors (Lipinski definition) is 9. The maximum atomic E-state index is 12.6. The quantitative estimate of drug-likeness (QED) is 0.681. The molecule has 1 aromatic carbocycles. The van der Waals surface area contributed by atoms with Gasteiger partial charge in [0, 0.05) is 19.2 Å². The van der Waals surface area contributed by atoms with Crippen LogP contribution in [0.15, 0.2) is 23.1 Å². The Morgan fingerprint density at radius 2 is 1.71 bits per heavy atom. The van der Waals surface area contributed by atoms with Gasteiger partial charge in [-0.05, 0) is 25.0 Å². The number of hydrogen-bond donors (Lipinski definition) is 1. The third-order valence-corrected chi connectivity index (χ3v) is 5.71. The summed E-state index contributed by atoms with van der Waals surface area (Å²) in [6, 6.07) is 4.51. The molecule has 0 saturated carbocycles. The largest absolute Gasteiger partial charge is 0.493 e. The van der Waals surface area contributed by atoms with E-state index in [4.69, 9.17) is 14.2 Å². The lowest BCUT2D eigenvalue weighted by molar-refractivity contribution is 0.354. The fourth-order valence-electron chi connectivity index (χ4n) is 2.84. The van der Waals surface area contributed by atoms with E-state index < -0.39 is 10.0 Å². The molecule has 11 heteroatoms. The van der Waals surface area contributed by atoms with Gasteiger partial charge in [0.2, 0.25) is 16.0 Å². The highest BCUT2D eigenvalue weighted by atomic mass is 32.2. The minimum absolute atomic E-state index is 0.0472. The molecular formula is C17H23N5O5S. The van der Waals surface area contributed by atoms with Crippen molar-refractivity contribution in [1.29, 1.82) is 0 Å². The fourth-order valence-corrected chi connectivity index (χ4v) is 3.84. The van der Waals surface area contributed by atoms with E-state index in [-0.39, 0.29) is 23.3 Å². The molecule has 10 nitrogen and oxygen atoms in total. The number of aromatic nitrogens is 3. The van der Waals surface area contributed by atoms with Crippen LogP contribution in [0.3, 0.4) is 0 Å². The summed E-state index contributed by atoms with van der Waals surface area (Å²) in [7, 11) is 0.577. The third-order valence-electron chi connectivity index (χ3n) is 4.31. The number of anilines is 1. The van der Waals surface area contributed by atoms with Gasteiger partial charge in [-0.15, -0.1) is 0 Å². The molecule has 1 aliphatic heterocycles. The highest BCUT2D eigenvalue weighted by Crippen LogP contribution is 2.29. The Labute approximate surface area is 163 Å². The molecule has 0 amide bonds. The minimum Gasteiger partial charge on any atom is -0.493 e. The van der Waals surface area contributed by atoms with E-state index in [1.165, 1.54) is 39.5 Å². The second-order valence-corrected chi connectivity index (χ2v) is 7.84. The first-order valence-electron chi connectivity index (χ1n) is 8.72. The van der Waals surface area contributed by atoms with Gasteiger partial charge in [-0.1, -0.05) is 0 Å². The molecule has 0 unspecified atom stereocenters. The standard InChI is InChI=1S/C17H23N5O5S/c1-25-13-7-6-12(10-14(13)26-2)28(23,24)18-11-15-19-16(21-17(20-15)27-3)22-8-4-5-9-22/h6-7,10,18H,4-5,8-9,11H2,1-3H3. The Balaban J connectivity index is 1.79. The Morgan fingerprint density at radius 3 is 2.36 bits per heavy atom. The molecule has 1 saturated heterocycles. The zero-order valence-corrected chi connectivity index (χ0v) is 16.8. The van der Waals surface area contributed by atoms with Crippen molar-refractivity contribution in [1.82, 2.24) is 19.7 Å². The third kappa shape index (κ3) is 4.42. The summed E-state index contributed by atoms with van der Waals surface area (Å²) < 4.78 is 43.2. The lowest BCUT2D eigenvalue weighted by Crippen LogP contribution is -2.26. The van der Waals surface area contributed by atoms with E-state index in [9.17, 15) is 8.42 Å². The van der Waals surface area contributed by atoms with Crippen molar-refractivity contribution in [2.24, 2.45) is 0 Å². The zero-order valence-electron chi connectivity index (χ0n) is 16.0. The second-order valence-electron chi connectivity index (χ2n) is 6.07. The van der Waals surface area contributed by atoms with Crippen molar-refractivity contribution in [2.75, 3.05) is 39.3 Å². The highest BCUT2D eigenvalue weighted by molar-refractivity contribution is 7.89. The van der Waals surface area contributed by atoms with Crippen molar-refractivity contribution in [3.05, 3.63) is 24.0 Å². The molecule has 3 rings (SSSR count). The van der Waals surface area contributed by atoms with Crippen LogP contribution in [-0.2, 0) is 16.6 Å². The van der Waals surface area contributed by atoms with Gasteiger partial charge in [0.15, 0.2) is 17.3 Å². The Bertz CT molecular complexity index is 932. The second kappa shape index (κ2) is 8.57. The highest BCUT2D eigenvalue weighted by Gasteiger charge is 2.20. The first-order chi connectivity index (χ1) is 13.5. The van der Waals surface area contributed by atoms with Crippen LogP contribution in [0.1, 0.15) is 18.7 Å². The number of rotatable bonds is 8. The first-order valence-corrected chi connectivity index (χ1v) is 10.2. The van der Waals surface area contributed by atoms with E-state index >= 15 is 0 Å². The number of nitrogens with one attached hydrogen (secondary N) is 1. The van der Waals surface area contributed by atoms with Crippen LogP contribution >= 0.6 is 0 Å². The molecule has 1 N–H and O–H groups in total. The molecule has 1 aromatic heterocycles. The topological polar surface area (TPSA) is 116 Å². The van der Waals surface area contributed by atoms with E-state index in [0.717, 1.165) is 25.9 Å². The summed E-state index contributed by atoms with van der Waals surface area (Å²) in [5.41, 5.74) is 0. The van der Waals surface area contributed by atoms with Crippen molar-refractivity contribution < 1.29 is 22.6 Å². The summed E-state index contributed by atoms with van der Waals surface area (Å²) in [5, 5.41) is 0. The maximum absolute atomic E-state index is 12.6. The summed E-state index contributed by atoms with van der Waals surface area (Å²) in [5.74, 6) is 1.53. The van der Waals surface area contributed by atoms with Crippen molar-refractivity contribution in [2.45, 2.75) is 24.3 Å². The Hall–Kier alpha value is -2.66. The van der Waals surface area contributed by atoms with Gasteiger partial charge in [0.1, 0.15) is 0 Å². The van der Waals surface area contributed by atoms with Gasteiger partial charge < -0.3 is 19.1 Å². The van der Waals surface area contributed by atoms with Crippen LogP contribution in [-0.4, -0.2) is 57.8 Å². The summed E-state index contributed by atoms with van der Waals surface area (Å²) in [6.07, 6.45) is 2.13. The van der Waals surface area contributed by atoms with Gasteiger partial charge in [0.25, 0.3) is 0 Å². The molecule has 0 aliphatic carbocycles. The molecule has 2 aromatic rings. The van der Waals surface area contributed by atoms with Crippen LogP contribution in [0.25, 0.3) is 0 Å². The van der Waals surface area contributed by atoms with Gasteiger partial charge >= 0.3 is 6.01 Å². The first kappa shape index (κ1) is 20.1. The lowest BCUT2D eigenvalue weighted by Gasteiger charge is -2.16. The number of sulfonamides is 1. The molecule has 2 heterocycles. The predicted octanol–water partition coefficient (Wildman–Crippen LogP) is 0.976. The molecule has 0 radical (unpaired) electrons. The van der Waals surface area contributed by atoms with Crippen LogP contribution in [0.2, 0.25) is 0 Å². The van der Waals surface area contributed by atoms with E-state index in [0.29, 0.717) is 17.4 Å². The predicted molar refractivity (Wildman–Crippen MR) is 101 cm³/mol. The molecule has 28 heavy (non-hydrogen) atoms. The Kier molecular flexibility index (Phi) is 6.15. The van der Waals surface area contributed by atoms with Gasteiger partial charge in [0.05, 0.1) is 32.8 Å². The molecule has 1 aliphatic rings.